The van der Waals surface area contributed by atoms with Gasteiger partial charge in [-0.3, -0.25) is 0 Å². The number of hydrogen-bond donors (Lipinski definition) is 2. The Balaban J connectivity index is 0.000000241. The third-order valence-corrected chi connectivity index (χ3v) is 10.1. The number of nitrogens with two attached hydrogens (primary N) is 1. The minimum Gasteiger partial charge on any atom is -0.354 e. The molecule has 266 valence electrons. The molecular formula is C52H43N3. The first-order chi connectivity index (χ1) is 27.2. The van der Waals surface area contributed by atoms with Gasteiger partial charge in [-0.05, 0) is 70.8 Å². The summed E-state index contributed by atoms with van der Waals surface area (Å²) in [6.45, 7) is 6.13. The van der Waals surface area contributed by atoms with Crippen LogP contribution >= 0.6 is 0 Å². The monoisotopic (exact) mass is 709 g/mol. The van der Waals surface area contributed by atoms with Crippen LogP contribution in [0.1, 0.15) is 12.5 Å². The molecule has 0 unspecified atom stereocenters. The Morgan fingerprint density at radius 3 is 1.96 bits per heavy atom. The van der Waals surface area contributed by atoms with E-state index in [2.05, 4.69) is 156 Å². The lowest BCUT2D eigenvalue weighted by Crippen LogP contribution is -1.95. The highest BCUT2D eigenvalue weighted by Gasteiger charge is 2.17. The Kier molecular flexibility index (Phi) is 10.2. The van der Waals surface area contributed by atoms with Crippen molar-refractivity contribution in [3.63, 3.8) is 0 Å². The zero-order chi connectivity index (χ0) is 37.6. The third kappa shape index (κ3) is 6.86. The fourth-order valence-corrected chi connectivity index (χ4v) is 7.59. The van der Waals surface area contributed by atoms with Gasteiger partial charge in [0.25, 0.3) is 0 Å². The Labute approximate surface area is 322 Å². The van der Waals surface area contributed by atoms with Gasteiger partial charge in [0.05, 0.1) is 22.2 Å². The van der Waals surface area contributed by atoms with Crippen molar-refractivity contribution in [3.05, 3.63) is 212 Å². The number of para-hydroxylation sites is 2. The second-order valence-corrected chi connectivity index (χ2v) is 13.5. The summed E-state index contributed by atoms with van der Waals surface area (Å²) in [5, 5.41) is 10.1. The summed E-state index contributed by atoms with van der Waals surface area (Å²) in [5.74, 6) is 0. The highest BCUT2D eigenvalue weighted by atomic mass is 15.0. The number of nitrogens with one attached hydrogen (secondary N) is 1. The van der Waals surface area contributed by atoms with Gasteiger partial charge in [-0.25, -0.2) is 0 Å². The van der Waals surface area contributed by atoms with E-state index in [0.29, 0.717) is 6.54 Å². The minimum atomic E-state index is 0.640. The van der Waals surface area contributed by atoms with Crippen LogP contribution in [0.3, 0.4) is 0 Å². The molecule has 8 aromatic carbocycles. The van der Waals surface area contributed by atoms with E-state index in [9.17, 15) is 0 Å². The van der Waals surface area contributed by atoms with E-state index in [1.165, 1.54) is 87.5 Å². The lowest BCUT2D eigenvalue weighted by molar-refractivity contribution is 1.07. The van der Waals surface area contributed by atoms with Crippen molar-refractivity contribution in [1.29, 1.82) is 0 Å². The van der Waals surface area contributed by atoms with Crippen LogP contribution in [-0.2, 0) is 6.54 Å². The molecule has 0 atom stereocenters. The summed E-state index contributed by atoms with van der Waals surface area (Å²) in [6.07, 6.45) is 9.51. The molecule has 2 aromatic heterocycles. The van der Waals surface area contributed by atoms with Crippen molar-refractivity contribution in [2.45, 2.75) is 13.5 Å². The molecule has 0 aliphatic rings. The molecule has 0 bridgehead atoms. The first-order valence-corrected chi connectivity index (χ1v) is 18.8. The SMILES string of the molecule is C=C/C=C\C=C/C.NCc1ccccc1.c1ccc2c(-n3c4ccccc4c4cc(-c5cc6c7ccccc7[nH]c6c6ccccc56)ccc43)cccc2c1. The van der Waals surface area contributed by atoms with Gasteiger partial charge < -0.3 is 15.3 Å². The van der Waals surface area contributed by atoms with Crippen LogP contribution in [0.2, 0.25) is 0 Å². The van der Waals surface area contributed by atoms with Gasteiger partial charge in [-0.15, -0.1) is 0 Å². The molecule has 2 heterocycles. The van der Waals surface area contributed by atoms with Crippen LogP contribution in [0.4, 0.5) is 0 Å². The number of fused-ring (bicyclic) bond motifs is 9. The van der Waals surface area contributed by atoms with E-state index in [-0.39, 0.29) is 0 Å². The van der Waals surface area contributed by atoms with E-state index in [1.54, 1.807) is 6.08 Å². The Hall–Kier alpha value is -6.94. The second kappa shape index (κ2) is 16.0. The Bertz CT molecular complexity index is 2990. The molecule has 10 aromatic rings. The summed E-state index contributed by atoms with van der Waals surface area (Å²) in [4.78, 5) is 3.69. The topological polar surface area (TPSA) is 46.7 Å². The average molecular weight is 710 g/mol. The van der Waals surface area contributed by atoms with Crippen LogP contribution in [-0.4, -0.2) is 9.55 Å². The number of H-pyrrole nitrogens is 1. The first kappa shape index (κ1) is 35.1. The molecular weight excluding hydrogens is 667 g/mol. The molecule has 0 fully saturated rings. The van der Waals surface area contributed by atoms with Gasteiger partial charge >= 0.3 is 0 Å². The maximum Gasteiger partial charge on any atom is 0.0544 e. The molecule has 0 saturated heterocycles. The van der Waals surface area contributed by atoms with Gasteiger partial charge in [0.1, 0.15) is 0 Å². The fourth-order valence-electron chi connectivity index (χ4n) is 7.59. The maximum atomic E-state index is 5.35. The summed E-state index contributed by atoms with van der Waals surface area (Å²) in [6, 6.07) is 60.8. The molecule has 3 nitrogen and oxygen atoms in total. The molecule has 3 heteroatoms. The maximum absolute atomic E-state index is 5.35. The number of hydrogen-bond acceptors (Lipinski definition) is 1. The average Bonchev–Trinajstić information content (AvgIpc) is 3.80. The molecule has 0 aliphatic carbocycles. The Morgan fingerprint density at radius 2 is 1.20 bits per heavy atom. The highest BCUT2D eigenvalue weighted by molar-refractivity contribution is 6.21. The quantitative estimate of drug-likeness (QED) is 0.172. The molecule has 0 radical (unpaired) electrons. The van der Waals surface area contributed by atoms with Crippen molar-refractivity contribution in [1.82, 2.24) is 9.55 Å². The standard InChI is InChI=1S/C38H24N2.C7H9N.C7H10/c1-2-12-26-24(10-1)11-9-19-35(26)40-36-18-8-6-15-29(36)32-22-25(20-21-37(32)40)31-23-33-28-14-5-7-17-34(28)39-38(33)30-16-4-3-13-27(30)31;8-6-7-4-2-1-3-5-7;1-3-5-7-6-4-2/h1-23,39H;1-5H,6,8H2;3-7H,1H2,2H3/b;;6-4-,7-5-. The predicted molar refractivity (Wildman–Crippen MR) is 239 cm³/mol. The van der Waals surface area contributed by atoms with Crippen molar-refractivity contribution in [3.8, 4) is 16.8 Å². The fraction of sp³-hybridized carbons (Fsp3) is 0.0385. The predicted octanol–water partition coefficient (Wildman–Crippen LogP) is 13.8. The van der Waals surface area contributed by atoms with Gasteiger partial charge in [0, 0.05) is 44.4 Å². The van der Waals surface area contributed by atoms with Gasteiger partial charge in [0.15, 0.2) is 0 Å². The summed E-state index contributed by atoms with van der Waals surface area (Å²) in [5.41, 5.74) is 15.1. The van der Waals surface area contributed by atoms with Crippen molar-refractivity contribution < 1.29 is 0 Å². The highest BCUT2D eigenvalue weighted by Crippen LogP contribution is 2.41. The van der Waals surface area contributed by atoms with Gasteiger partial charge in [-0.1, -0.05) is 170 Å². The third-order valence-electron chi connectivity index (χ3n) is 10.1. The van der Waals surface area contributed by atoms with Crippen LogP contribution in [0.25, 0.3) is 82.0 Å². The van der Waals surface area contributed by atoms with E-state index in [4.69, 9.17) is 5.73 Å². The largest absolute Gasteiger partial charge is 0.354 e. The van der Waals surface area contributed by atoms with E-state index < -0.39 is 0 Å². The normalized spacial score (nSPS) is 11.5. The van der Waals surface area contributed by atoms with Crippen molar-refractivity contribution in [2.75, 3.05) is 0 Å². The van der Waals surface area contributed by atoms with E-state index in [1.807, 2.05) is 61.6 Å². The van der Waals surface area contributed by atoms with E-state index >= 15 is 0 Å². The number of nitrogens with zero attached hydrogens (tertiary/aromatic N) is 1. The summed E-state index contributed by atoms with van der Waals surface area (Å²) < 4.78 is 2.43. The van der Waals surface area contributed by atoms with Crippen LogP contribution < -0.4 is 5.73 Å². The Morgan fingerprint density at radius 1 is 0.545 bits per heavy atom. The zero-order valence-electron chi connectivity index (χ0n) is 31.0. The number of benzene rings is 8. The molecule has 0 spiro atoms. The van der Waals surface area contributed by atoms with Crippen molar-refractivity contribution >= 4 is 65.2 Å². The molecule has 0 aliphatic heterocycles. The van der Waals surface area contributed by atoms with E-state index in [0.717, 1.165) is 0 Å². The smallest absolute Gasteiger partial charge is 0.0544 e. The molecule has 3 N–H and O–H groups in total. The second-order valence-electron chi connectivity index (χ2n) is 13.5. The molecule has 55 heavy (non-hydrogen) atoms. The van der Waals surface area contributed by atoms with Crippen LogP contribution in [0, 0.1) is 0 Å². The molecule has 10 rings (SSSR count). The molecule has 0 amide bonds. The van der Waals surface area contributed by atoms with Gasteiger partial charge in [0.2, 0.25) is 0 Å². The minimum absolute atomic E-state index is 0.640. The molecule has 0 saturated carbocycles. The van der Waals surface area contributed by atoms with Crippen LogP contribution in [0.15, 0.2) is 207 Å². The number of rotatable bonds is 5. The lowest BCUT2D eigenvalue weighted by Gasteiger charge is -2.12. The summed E-state index contributed by atoms with van der Waals surface area (Å²) >= 11 is 0. The van der Waals surface area contributed by atoms with Crippen molar-refractivity contribution in [2.24, 2.45) is 5.73 Å². The summed E-state index contributed by atoms with van der Waals surface area (Å²) in [7, 11) is 0. The number of aromatic nitrogens is 2. The zero-order valence-corrected chi connectivity index (χ0v) is 31.0. The number of allylic oxidation sites excluding steroid dienone is 5. The lowest BCUT2D eigenvalue weighted by atomic mass is 9.94. The van der Waals surface area contributed by atoms with Gasteiger partial charge in [-0.2, -0.15) is 0 Å². The first-order valence-electron chi connectivity index (χ1n) is 18.8. The van der Waals surface area contributed by atoms with Crippen LogP contribution in [0.5, 0.6) is 0 Å². The number of aromatic amines is 1.